The highest BCUT2D eigenvalue weighted by atomic mass is 33.1. The third-order valence-electron chi connectivity index (χ3n) is 2.05. The van der Waals surface area contributed by atoms with Crippen molar-refractivity contribution in [3.63, 3.8) is 0 Å². The molecule has 2 aromatic rings. The van der Waals surface area contributed by atoms with E-state index >= 15 is 0 Å². The first-order chi connectivity index (χ1) is 10.7. The van der Waals surface area contributed by atoms with Crippen LogP contribution in [-0.2, 0) is 9.53 Å². The highest BCUT2D eigenvalue weighted by molar-refractivity contribution is 8.76. The fraction of sp³-hybridized carbons (Fsp3) is 0.167. The zero-order valence-corrected chi connectivity index (χ0v) is 13.4. The second-order valence-electron chi connectivity index (χ2n) is 3.77. The van der Waals surface area contributed by atoms with Gasteiger partial charge in [0.15, 0.2) is 18.0 Å². The predicted molar refractivity (Wildman–Crippen MR) is 85.2 cm³/mol. The average Bonchev–Trinajstić information content (AvgIpc) is 2.53. The lowest BCUT2D eigenvalue weighted by Gasteiger charge is -2.02. The zero-order chi connectivity index (χ0) is 15.8. The van der Waals surface area contributed by atoms with Gasteiger partial charge in [0.25, 0.3) is 0 Å². The van der Waals surface area contributed by atoms with Crippen molar-refractivity contribution in [2.75, 3.05) is 12.4 Å². The summed E-state index contributed by atoms with van der Waals surface area (Å²) in [5.41, 5.74) is 0. The molecular weight excluding hydrogens is 324 g/mol. The Labute approximate surface area is 134 Å². The highest BCUT2D eigenvalue weighted by Gasteiger charge is 2.03. The van der Waals surface area contributed by atoms with E-state index in [1.54, 1.807) is 18.6 Å². The molecule has 0 spiro atoms. The van der Waals surface area contributed by atoms with Crippen molar-refractivity contribution in [2.45, 2.75) is 17.0 Å². The van der Waals surface area contributed by atoms with Gasteiger partial charge in [-0.05, 0) is 21.6 Å². The third-order valence-corrected chi connectivity index (χ3v) is 4.17. The minimum atomic E-state index is -0.185. The summed E-state index contributed by atoms with van der Waals surface area (Å²) in [4.78, 5) is 31.4. The predicted octanol–water partition coefficient (Wildman–Crippen LogP) is 2.33. The number of ether oxygens (including phenoxy) is 1. The quantitative estimate of drug-likeness (QED) is 0.487. The van der Waals surface area contributed by atoms with Crippen molar-refractivity contribution >= 4 is 45.5 Å². The van der Waals surface area contributed by atoms with Crippen LogP contribution in [0.5, 0.6) is 0 Å². The molecular formula is C12H12N6O2S2. The lowest BCUT2D eigenvalue weighted by atomic mass is 10.6. The molecule has 2 aromatic heterocycles. The highest BCUT2D eigenvalue weighted by Crippen LogP contribution is 2.34. The second-order valence-corrected chi connectivity index (χ2v) is 5.94. The van der Waals surface area contributed by atoms with Gasteiger partial charge in [-0.1, -0.05) is 0 Å². The lowest BCUT2D eigenvalue weighted by Crippen LogP contribution is -2.07. The van der Waals surface area contributed by atoms with Gasteiger partial charge in [0.2, 0.25) is 5.91 Å². The number of aromatic nitrogens is 4. The van der Waals surface area contributed by atoms with E-state index in [9.17, 15) is 4.79 Å². The number of nitrogens with zero attached hydrogens (tertiary/aromatic N) is 5. The maximum absolute atomic E-state index is 10.9. The topological polar surface area (TPSA) is 102 Å². The monoisotopic (exact) mass is 336 g/mol. The second kappa shape index (κ2) is 8.29. The van der Waals surface area contributed by atoms with E-state index in [2.05, 4.69) is 30.2 Å². The number of aliphatic imine (C=N–C) groups is 1. The number of nitrogens with one attached hydrogen (secondary N) is 1. The van der Waals surface area contributed by atoms with Crippen LogP contribution < -0.4 is 5.32 Å². The molecule has 0 aliphatic carbocycles. The third kappa shape index (κ3) is 5.30. The van der Waals surface area contributed by atoms with Crippen molar-refractivity contribution in [3.05, 3.63) is 24.8 Å². The van der Waals surface area contributed by atoms with Crippen LogP contribution in [0.25, 0.3) is 0 Å². The van der Waals surface area contributed by atoms with Gasteiger partial charge in [-0.3, -0.25) is 4.79 Å². The van der Waals surface area contributed by atoms with Crippen LogP contribution in [-0.4, -0.2) is 39.4 Å². The van der Waals surface area contributed by atoms with Crippen LogP contribution in [0.2, 0.25) is 0 Å². The van der Waals surface area contributed by atoms with Gasteiger partial charge < -0.3 is 10.1 Å². The SMILES string of the molecule is COC=Nc1cnc(SSc2cnc(NC(C)=O)cn2)cn1. The Hall–Kier alpha value is -2.20. The van der Waals surface area contributed by atoms with Crippen LogP contribution in [0.3, 0.4) is 0 Å². The fourth-order valence-electron chi connectivity index (χ4n) is 1.22. The number of hydrogen-bond donors (Lipinski definition) is 1. The van der Waals surface area contributed by atoms with Gasteiger partial charge in [0.05, 0.1) is 31.9 Å². The summed E-state index contributed by atoms with van der Waals surface area (Å²) in [5.74, 6) is 0.702. The van der Waals surface area contributed by atoms with Gasteiger partial charge in [-0.25, -0.2) is 19.9 Å². The Morgan fingerprint density at radius 1 is 1.14 bits per heavy atom. The maximum atomic E-state index is 10.9. The molecule has 0 radical (unpaired) electrons. The molecule has 0 aromatic carbocycles. The number of methoxy groups -OCH3 is 1. The number of carbonyl (C=O) groups excluding carboxylic acids is 1. The van der Waals surface area contributed by atoms with Gasteiger partial charge in [-0.2, -0.15) is 4.99 Å². The summed E-state index contributed by atoms with van der Waals surface area (Å²) in [6.07, 6.45) is 7.52. The molecule has 1 N–H and O–H groups in total. The average molecular weight is 336 g/mol. The standard InChI is InChI=1S/C12H12N6O2S2/c1-8(19)18-10-4-16-12(6-14-10)22-21-11-5-13-9(3-15-11)17-7-20-2/h3-7H,1-2H3,(H,14,18,19). The molecule has 2 rings (SSSR count). The summed E-state index contributed by atoms with van der Waals surface area (Å²) in [7, 11) is 4.30. The van der Waals surface area contributed by atoms with Crippen molar-refractivity contribution in [1.82, 2.24) is 19.9 Å². The molecule has 0 saturated carbocycles. The number of carbonyl (C=O) groups is 1. The van der Waals surface area contributed by atoms with E-state index in [-0.39, 0.29) is 5.91 Å². The van der Waals surface area contributed by atoms with Crippen LogP contribution >= 0.6 is 21.6 Å². The van der Waals surface area contributed by atoms with Crippen LogP contribution in [0, 0.1) is 0 Å². The van der Waals surface area contributed by atoms with Crippen molar-refractivity contribution in [2.24, 2.45) is 4.99 Å². The van der Waals surface area contributed by atoms with Gasteiger partial charge in [0, 0.05) is 6.92 Å². The Morgan fingerprint density at radius 2 is 1.82 bits per heavy atom. The fourth-order valence-corrected chi connectivity index (χ4v) is 2.80. The van der Waals surface area contributed by atoms with E-state index < -0.39 is 0 Å². The minimum absolute atomic E-state index is 0.185. The zero-order valence-electron chi connectivity index (χ0n) is 11.8. The maximum Gasteiger partial charge on any atom is 0.222 e. The van der Waals surface area contributed by atoms with Crippen LogP contribution in [0.1, 0.15) is 6.92 Å². The van der Waals surface area contributed by atoms with Crippen molar-refractivity contribution in [3.8, 4) is 0 Å². The molecule has 114 valence electrons. The van der Waals surface area contributed by atoms with Crippen LogP contribution in [0.4, 0.5) is 11.6 Å². The summed E-state index contributed by atoms with van der Waals surface area (Å²) in [5, 5.41) is 3.97. The van der Waals surface area contributed by atoms with E-state index in [1.165, 1.54) is 48.2 Å². The van der Waals surface area contributed by atoms with E-state index in [0.29, 0.717) is 21.7 Å². The number of anilines is 1. The van der Waals surface area contributed by atoms with Gasteiger partial charge in [-0.15, -0.1) is 0 Å². The Kier molecular flexibility index (Phi) is 6.10. The summed E-state index contributed by atoms with van der Waals surface area (Å²) in [6.45, 7) is 1.42. The lowest BCUT2D eigenvalue weighted by molar-refractivity contribution is -0.114. The first-order valence-electron chi connectivity index (χ1n) is 5.99. The number of hydrogen-bond acceptors (Lipinski definition) is 9. The number of amides is 1. The van der Waals surface area contributed by atoms with Crippen LogP contribution in [0.15, 0.2) is 39.8 Å². The van der Waals surface area contributed by atoms with E-state index in [0.717, 1.165) is 0 Å². The number of rotatable bonds is 6. The molecule has 2 heterocycles. The molecule has 8 nitrogen and oxygen atoms in total. The largest absolute Gasteiger partial charge is 0.486 e. The summed E-state index contributed by atoms with van der Waals surface area (Å²) in [6, 6.07) is 0. The molecule has 0 aliphatic rings. The molecule has 0 unspecified atom stereocenters. The Balaban J connectivity index is 1.89. The molecule has 1 amide bonds. The molecule has 0 aliphatic heterocycles. The molecule has 10 heteroatoms. The molecule has 0 saturated heterocycles. The molecule has 0 fully saturated rings. The van der Waals surface area contributed by atoms with Crippen molar-refractivity contribution in [1.29, 1.82) is 0 Å². The summed E-state index contributed by atoms with van der Waals surface area (Å²) < 4.78 is 4.70. The first-order valence-corrected chi connectivity index (χ1v) is 8.14. The molecule has 0 atom stereocenters. The normalized spacial score (nSPS) is 10.6. The Bertz CT molecular complexity index is 648. The first kappa shape index (κ1) is 16.2. The van der Waals surface area contributed by atoms with E-state index in [4.69, 9.17) is 4.74 Å². The van der Waals surface area contributed by atoms with Crippen molar-refractivity contribution < 1.29 is 9.53 Å². The molecule has 22 heavy (non-hydrogen) atoms. The van der Waals surface area contributed by atoms with Gasteiger partial charge >= 0.3 is 0 Å². The van der Waals surface area contributed by atoms with E-state index in [1.807, 2.05) is 0 Å². The van der Waals surface area contributed by atoms with Gasteiger partial charge in [0.1, 0.15) is 10.1 Å². The minimum Gasteiger partial charge on any atom is -0.486 e. The molecule has 0 bridgehead atoms. The Morgan fingerprint density at radius 3 is 2.32 bits per heavy atom. The summed E-state index contributed by atoms with van der Waals surface area (Å²) >= 11 is 0. The smallest absolute Gasteiger partial charge is 0.222 e.